The number of hydrogen-bond acceptors (Lipinski definition) is 2. The van der Waals surface area contributed by atoms with E-state index in [4.69, 9.17) is 5.11 Å². The number of carboxylic acid groups (broad SMARTS) is 1. The molecule has 0 radical (unpaired) electrons. The van der Waals surface area contributed by atoms with E-state index in [1.54, 1.807) is 12.1 Å². The topological polar surface area (TPSA) is 57.6 Å². The van der Waals surface area contributed by atoms with Gasteiger partial charge in [0.25, 0.3) is 0 Å². The standard InChI is InChI=1S/C16H23NO3/c1-3-8-13(9-4-2)16(20)17(12-15(18)19)14-10-6-5-7-11-14/h5-7,10-11,13H,3-4,8-9,12H2,1-2H3,(H,18,19). The van der Waals surface area contributed by atoms with Gasteiger partial charge in [-0.15, -0.1) is 0 Å². The molecule has 0 aliphatic heterocycles. The first-order valence-electron chi connectivity index (χ1n) is 7.18. The summed E-state index contributed by atoms with van der Waals surface area (Å²) in [6, 6.07) is 9.02. The predicted octanol–water partition coefficient (Wildman–Crippen LogP) is 3.32. The second-order valence-electron chi connectivity index (χ2n) is 4.93. The maximum atomic E-state index is 12.6. The van der Waals surface area contributed by atoms with Crippen LogP contribution in [0.15, 0.2) is 30.3 Å². The number of carbonyl (C=O) groups excluding carboxylic acids is 1. The fraction of sp³-hybridized carbons (Fsp3) is 0.500. The highest BCUT2D eigenvalue weighted by atomic mass is 16.4. The highest BCUT2D eigenvalue weighted by Crippen LogP contribution is 2.21. The Morgan fingerprint density at radius 2 is 1.65 bits per heavy atom. The molecular formula is C16H23NO3. The smallest absolute Gasteiger partial charge is 0.323 e. The minimum atomic E-state index is -0.992. The van der Waals surface area contributed by atoms with Gasteiger partial charge in [0.05, 0.1) is 0 Å². The molecule has 0 saturated heterocycles. The van der Waals surface area contributed by atoms with Crippen molar-refractivity contribution in [1.29, 1.82) is 0 Å². The SMILES string of the molecule is CCCC(CCC)C(=O)N(CC(=O)O)c1ccccc1. The maximum absolute atomic E-state index is 12.6. The number of carbonyl (C=O) groups is 2. The van der Waals surface area contributed by atoms with Crippen LogP contribution in [0.3, 0.4) is 0 Å². The quantitative estimate of drug-likeness (QED) is 0.793. The molecule has 0 saturated carbocycles. The minimum absolute atomic E-state index is 0.0812. The Balaban J connectivity index is 2.97. The van der Waals surface area contributed by atoms with Crippen molar-refractivity contribution >= 4 is 17.6 Å². The molecule has 1 rings (SSSR count). The fourth-order valence-electron chi connectivity index (χ4n) is 2.35. The molecule has 0 heterocycles. The van der Waals surface area contributed by atoms with Gasteiger partial charge in [0.15, 0.2) is 0 Å². The molecule has 0 aliphatic rings. The van der Waals surface area contributed by atoms with Crippen LogP contribution in [0.5, 0.6) is 0 Å². The van der Waals surface area contributed by atoms with Gasteiger partial charge in [0.1, 0.15) is 6.54 Å². The fourth-order valence-corrected chi connectivity index (χ4v) is 2.35. The van der Waals surface area contributed by atoms with E-state index in [0.29, 0.717) is 5.69 Å². The number of carboxylic acids is 1. The molecule has 1 aromatic rings. The summed E-state index contributed by atoms with van der Waals surface area (Å²) in [5.74, 6) is -1.17. The molecule has 0 spiro atoms. The first-order chi connectivity index (χ1) is 9.60. The third-order valence-corrected chi connectivity index (χ3v) is 3.25. The molecule has 0 aromatic heterocycles. The van der Waals surface area contributed by atoms with E-state index in [1.807, 2.05) is 32.0 Å². The number of anilines is 1. The Labute approximate surface area is 120 Å². The van der Waals surface area contributed by atoms with Crippen LogP contribution < -0.4 is 4.90 Å². The number of amides is 1. The third kappa shape index (κ3) is 4.68. The summed E-state index contributed by atoms with van der Waals surface area (Å²) in [7, 11) is 0. The summed E-state index contributed by atoms with van der Waals surface area (Å²) >= 11 is 0. The van der Waals surface area contributed by atoms with Crippen molar-refractivity contribution in [3.05, 3.63) is 30.3 Å². The second kappa shape index (κ2) is 8.35. The van der Waals surface area contributed by atoms with Crippen LogP contribution in [0.1, 0.15) is 39.5 Å². The van der Waals surface area contributed by atoms with E-state index in [2.05, 4.69) is 0 Å². The van der Waals surface area contributed by atoms with Crippen LogP contribution in [0, 0.1) is 5.92 Å². The highest BCUT2D eigenvalue weighted by molar-refractivity contribution is 5.98. The molecule has 4 heteroatoms. The lowest BCUT2D eigenvalue weighted by Gasteiger charge is -2.26. The van der Waals surface area contributed by atoms with Gasteiger partial charge in [0.2, 0.25) is 5.91 Å². The summed E-state index contributed by atoms with van der Waals surface area (Å²) in [4.78, 5) is 25.0. The van der Waals surface area contributed by atoms with Crippen molar-refractivity contribution in [3.8, 4) is 0 Å². The molecule has 110 valence electrons. The molecule has 1 aromatic carbocycles. The lowest BCUT2D eigenvalue weighted by molar-refractivity contribution is -0.137. The van der Waals surface area contributed by atoms with Crippen molar-refractivity contribution in [2.45, 2.75) is 39.5 Å². The third-order valence-electron chi connectivity index (χ3n) is 3.25. The Bertz CT molecular complexity index is 425. The first-order valence-corrected chi connectivity index (χ1v) is 7.18. The molecule has 20 heavy (non-hydrogen) atoms. The zero-order chi connectivity index (χ0) is 15.0. The average Bonchev–Trinajstić information content (AvgIpc) is 2.44. The molecule has 0 bridgehead atoms. The molecule has 0 fully saturated rings. The number of nitrogens with zero attached hydrogens (tertiary/aromatic N) is 1. The number of rotatable bonds is 8. The van der Waals surface area contributed by atoms with E-state index < -0.39 is 5.97 Å². The number of hydrogen-bond donors (Lipinski definition) is 1. The van der Waals surface area contributed by atoms with Crippen molar-refractivity contribution in [2.24, 2.45) is 5.92 Å². The Kier molecular flexibility index (Phi) is 6.77. The number of para-hydroxylation sites is 1. The summed E-state index contributed by atoms with van der Waals surface area (Å²) in [5.41, 5.74) is 0.650. The lowest BCUT2D eigenvalue weighted by Crippen LogP contribution is -2.39. The maximum Gasteiger partial charge on any atom is 0.323 e. The average molecular weight is 277 g/mol. The van der Waals surface area contributed by atoms with Gasteiger partial charge in [-0.25, -0.2) is 0 Å². The van der Waals surface area contributed by atoms with E-state index >= 15 is 0 Å². The largest absolute Gasteiger partial charge is 0.480 e. The van der Waals surface area contributed by atoms with Crippen LogP contribution in [0.4, 0.5) is 5.69 Å². The van der Waals surface area contributed by atoms with Crippen molar-refractivity contribution in [3.63, 3.8) is 0 Å². The predicted molar refractivity (Wildman–Crippen MR) is 79.7 cm³/mol. The van der Waals surface area contributed by atoms with Gasteiger partial charge in [-0.1, -0.05) is 44.9 Å². The van der Waals surface area contributed by atoms with Gasteiger partial charge in [-0.3, -0.25) is 9.59 Å². The minimum Gasteiger partial charge on any atom is -0.480 e. The number of benzene rings is 1. The van der Waals surface area contributed by atoms with Crippen molar-refractivity contribution < 1.29 is 14.7 Å². The normalized spacial score (nSPS) is 10.6. The van der Waals surface area contributed by atoms with Crippen LogP contribution in [0.2, 0.25) is 0 Å². The molecule has 1 amide bonds. The van der Waals surface area contributed by atoms with Crippen LogP contribution in [-0.4, -0.2) is 23.5 Å². The van der Waals surface area contributed by atoms with Crippen LogP contribution in [-0.2, 0) is 9.59 Å². The molecule has 0 unspecified atom stereocenters. The van der Waals surface area contributed by atoms with E-state index in [1.165, 1.54) is 4.90 Å². The highest BCUT2D eigenvalue weighted by Gasteiger charge is 2.25. The Morgan fingerprint density at radius 3 is 2.10 bits per heavy atom. The van der Waals surface area contributed by atoms with Crippen LogP contribution in [0.25, 0.3) is 0 Å². The van der Waals surface area contributed by atoms with Gasteiger partial charge in [0, 0.05) is 11.6 Å². The molecule has 4 nitrogen and oxygen atoms in total. The first kappa shape index (κ1) is 16.2. The van der Waals surface area contributed by atoms with Crippen molar-refractivity contribution in [2.75, 3.05) is 11.4 Å². The summed E-state index contributed by atoms with van der Waals surface area (Å²) in [6.45, 7) is 3.80. The zero-order valence-corrected chi connectivity index (χ0v) is 12.2. The Morgan fingerprint density at radius 1 is 1.10 bits per heavy atom. The number of aliphatic carboxylic acids is 1. The monoisotopic (exact) mass is 277 g/mol. The van der Waals surface area contributed by atoms with E-state index in [9.17, 15) is 9.59 Å². The van der Waals surface area contributed by atoms with Gasteiger partial charge in [-0.2, -0.15) is 0 Å². The molecular weight excluding hydrogens is 254 g/mol. The summed E-state index contributed by atoms with van der Waals surface area (Å²) in [6.07, 6.45) is 3.45. The summed E-state index contributed by atoms with van der Waals surface area (Å²) < 4.78 is 0. The molecule has 0 atom stereocenters. The van der Waals surface area contributed by atoms with E-state index in [-0.39, 0.29) is 18.4 Å². The molecule has 1 N–H and O–H groups in total. The zero-order valence-electron chi connectivity index (χ0n) is 12.2. The van der Waals surface area contributed by atoms with E-state index in [0.717, 1.165) is 25.7 Å². The van der Waals surface area contributed by atoms with Gasteiger partial charge in [-0.05, 0) is 25.0 Å². The van der Waals surface area contributed by atoms with Crippen LogP contribution >= 0.6 is 0 Å². The van der Waals surface area contributed by atoms with Gasteiger partial charge >= 0.3 is 5.97 Å². The summed E-state index contributed by atoms with van der Waals surface area (Å²) in [5, 5.41) is 9.04. The molecule has 0 aliphatic carbocycles. The van der Waals surface area contributed by atoms with Gasteiger partial charge < -0.3 is 10.0 Å². The lowest BCUT2D eigenvalue weighted by atomic mass is 9.96. The Hall–Kier alpha value is -1.84. The second-order valence-corrected chi connectivity index (χ2v) is 4.93. The van der Waals surface area contributed by atoms with Crippen molar-refractivity contribution in [1.82, 2.24) is 0 Å².